The second-order valence-electron chi connectivity index (χ2n) is 5.19. The van der Waals surface area contributed by atoms with Gasteiger partial charge in [-0.15, -0.1) is 11.6 Å². The van der Waals surface area contributed by atoms with Crippen molar-refractivity contribution in [3.63, 3.8) is 0 Å². The second kappa shape index (κ2) is 4.35. The third-order valence-electron chi connectivity index (χ3n) is 2.58. The van der Waals surface area contributed by atoms with Gasteiger partial charge in [-0.05, 0) is 42.0 Å². The van der Waals surface area contributed by atoms with Gasteiger partial charge in [0.15, 0.2) is 0 Å². The Bertz CT molecular complexity index is 362. The van der Waals surface area contributed by atoms with E-state index >= 15 is 0 Å². The van der Waals surface area contributed by atoms with Crippen LogP contribution in [0.3, 0.4) is 0 Å². The van der Waals surface area contributed by atoms with Crippen molar-refractivity contribution in [2.45, 2.75) is 40.0 Å². The number of rotatable bonds is 1. The van der Waals surface area contributed by atoms with Crippen LogP contribution in [0.2, 0.25) is 5.02 Å². The summed E-state index contributed by atoms with van der Waals surface area (Å²) in [6, 6.07) is 4.09. The van der Waals surface area contributed by atoms with Crippen LogP contribution in [0.15, 0.2) is 12.1 Å². The van der Waals surface area contributed by atoms with Crippen molar-refractivity contribution >= 4 is 23.2 Å². The predicted octanol–water partition coefficient (Wildman–Crippen LogP) is 5.28. The van der Waals surface area contributed by atoms with E-state index in [-0.39, 0.29) is 10.8 Å². The molecule has 15 heavy (non-hydrogen) atoms. The van der Waals surface area contributed by atoms with Gasteiger partial charge in [0.05, 0.1) is 5.38 Å². The number of alkyl halides is 1. The molecule has 0 spiro atoms. The Hall–Kier alpha value is -0.200. The minimum Gasteiger partial charge on any atom is -0.117 e. The van der Waals surface area contributed by atoms with Gasteiger partial charge in [0, 0.05) is 5.02 Å². The lowest BCUT2D eigenvalue weighted by molar-refractivity contribution is 0.395. The van der Waals surface area contributed by atoms with Crippen molar-refractivity contribution in [1.82, 2.24) is 0 Å². The highest BCUT2D eigenvalue weighted by molar-refractivity contribution is 6.31. The first-order valence-electron chi connectivity index (χ1n) is 5.14. The van der Waals surface area contributed by atoms with Crippen LogP contribution in [0.4, 0.5) is 0 Å². The number of halogens is 2. The summed E-state index contributed by atoms with van der Waals surface area (Å²) in [5.74, 6) is 0. The zero-order valence-corrected chi connectivity index (χ0v) is 11.5. The first-order chi connectivity index (χ1) is 6.73. The van der Waals surface area contributed by atoms with E-state index in [2.05, 4.69) is 33.8 Å². The van der Waals surface area contributed by atoms with E-state index < -0.39 is 0 Å². The second-order valence-corrected chi connectivity index (χ2v) is 6.03. The first-order valence-corrected chi connectivity index (χ1v) is 5.95. The van der Waals surface area contributed by atoms with Crippen LogP contribution in [0.1, 0.15) is 42.8 Å². The molecule has 0 nitrogen and oxygen atoms in total. The molecule has 1 rings (SSSR count). The molecule has 0 heterocycles. The van der Waals surface area contributed by atoms with E-state index in [0.717, 1.165) is 10.6 Å². The summed E-state index contributed by atoms with van der Waals surface area (Å²) in [6.07, 6.45) is 0. The predicted molar refractivity (Wildman–Crippen MR) is 69.0 cm³/mol. The molecule has 0 N–H and O–H groups in total. The molecule has 0 amide bonds. The lowest BCUT2D eigenvalue weighted by Gasteiger charge is -2.27. The molecule has 2 heteroatoms. The molecule has 1 aromatic carbocycles. The van der Waals surface area contributed by atoms with Crippen molar-refractivity contribution < 1.29 is 0 Å². The maximum Gasteiger partial charge on any atom is 0.0636 e. The highest BCUT2D eigenvalue weighted by Crippen LogP contribution is 2.40. The van der Waals surface area contributed by atoms with Crippen LogP contribution in [0.25, 0.3) is 0 Å². The molecule has 0 aliphatic carbocycles. The van der Waals surface area contributed by atoms with Gasteiger partial charge in [-0.1, -0.05) is 38.4 Å². The summed E-state index contributed by atoms with van der Waals surface area (Å²) in [5.41, 5.74) is 3.51. The standard InChI is InChI=1S/C13H18Cl2/c1-8-7-11(14)9(2)6-10(8)12(15)13(3,4)5/h6-7,12H,1-5H3. The fraction of sp³-hybridized carbons (Fsp3) is 0.538. The lowest BCUT2D eigenvalue weighted by Crippen LogP contribution is -2.14. The third-order valence-corrected chi connectivity index (χ3v) is 3.88. The van der Waals surface area contributed by atoms with E-state index in [1.54, 1.807) is 0 Å². The summed E-state index contributed by atoms with van der Waals surface area (Å²) >= 11 is 12.5. The normalized spacial score (nSPS) is 14.1. The van der Waals surface area contributed by atoms with E-state index in [1.165, 1.54) is 11.1 Å². The molecule has 1 unspecified atom stereocenters. The van der Waals surface area contributed by atoms with E-state index in [1.807, 2.05) is 13.0 Å². The highest BCUT2D eigenvalue weighted by atomic mass is 35.5. The largest absolute Gasteiger partial charge is 0.117 e. The quantitative estimate of drug-likeness (QED) is 0.590. The van der Waals surface area contributed by atoms with Gasteiger partial charge in [-0.2, -0.15) is 0 Å². The van der Waals surface area contributed by atoms with Crippen LogP contribution >= 0.6 is 23.2 Å². The van der Waals surface area contributed by atoms with Gasteiger partial charge in [0.2, 0.25) is 0 Å². The van der Waals surface area contributed by atoms with E-state index in [4.69, 9.17) is 23.2 Å². The smallest absolute Gasteiger partial charge is 0.0636 e. The Labute approximate surface area is 103 Å². The van der Waals surface area contributed by atoms with Gasteiger partial charge in [-0.25, -0.2) is 0 Å². The molecular formula is C13H18Cl2. The molecule has 0 bridgehead atoms. The van der Waals surface area contributed by atoms with Crippen LogP contribution in [0, 0.1) is 19.3 Å². The lowest BCUT2D eigenvalue weighted by atomic mass is 9.85. The number of hydrogen-bond donors (Lipinski definition) is 0. The van der Waals surface area contributed by atoms with Gasteiger partial charge in [0.1, 0.15) is 0 Å². The van der Waals surface area contributed by atoms with Crippen LogP contribution in [-0.2, 0) is 0 Å². The maximum absolute atomic E-state index is 6.47. The van der Waals surface area contributed by atoms with Gasteiger partial charge in [-0.3, -0.25) is 0 Å². The number of hydrogen-bond acceptors (Lipinski definition) is 0. The fourth-order valence-corrected chi connectivity index (χ4v) is 2.00. The van der Waals surface area contributed by atoms with Gasteiger partial charge < -0.3 is 0 Å². The van der Waals surface area contributed by atoms with E-state index in [9.17, 15) is 0 Å². The zero-order chi connectivity index (χ0) is 11.8. The Morgan fingerprint density at radius 3 is 2.07 bits per heavy atom. The summed E-state index contributed by atoms with van der Waals surface area (Å²) < 4.78 is 0. The molecule has 0 aliphatic heterocycles. The first kappa shape index (κ1) is 12.9. The number of benzene rings is 1. The van der Waals surface area contributed by atoms with Crippen LogP contribution in [0.5, 0.6) is 0 Å². The molecular weight excluding hydrogens is 227 g/mol. The van der Waals surface area contributed by atoms with Crippen molar-refractivity contribution in [3.05, 3.63) is 33.8 Å². The Morgan fingerprint density at radius 1 is 1.07 bits per heavy atom. The van der Waals surface area contributed by atoms with Crippen LogP contribution in [-0.4, -0.2) is 0 Å². The minimum absolute atomic E-state index is 0.0217. The summed E-state index contributed by atoms with van der Waals surface area (Å²) in [7, 11) is 0. The average molecular weight is 245 g/mol. The minimum atomic E-state index is 0.0217. The Kier molecular flexibility index (Phi) is 3.73. The Morgan fingerprint density at radius 2 is 1.60 bits per heavy atom. The molecule has 0 aliphatic rings. The molecule has 1 aromatic rings. The highest BCUT2D eigenvalue weighted by Gasteiger charge is 2.25. The molecule has 0 fully saturated rings. The average Bonchev–Trinajstić information content (AvgIpc) is 2.08. The third kappa shape index (κ3) is 2.89. The maximum atomic E-state index is 6.47. The van der Waals surface area contributed by atoms with Gasteiger partial charge >= 0.3 is 0 Å². The number of aryl methyl sites for hydroxylation is 2. The molecule has 84 valence electrons. The molecule has 0 saturated heterocycles. The van der Waals surface area contributed by atoms with Crippen molar-refractivity contribution in [1.29, 1.82) is 0 Å². The van der Waals surface area contributed by atoms with E-state index in [0.29, 0.717) is 0 Å². The van der Waals surface area contributed by atoms with Gasteiger partial charge in [0.25, 0.3) is 0 Å². The SMILES string of the molecule is Cc1cc(C(Cl)C(C)(C)C)c(C)cc1Cl. The van der Waals surface area contributed by atoms with Crippen molar-refractivity contribution in [2.75, 3.05) is 0 Å². The molecule has 0 saturated carbocycles. The van der Waals surface area contributed by atoms with Crippen molar-refractivity contribution in [2.24, 2.45) is 5.41 Å². The zero-order valence-electron chi connectivity index (χ0n) is 9.99. The monoisotopic (exact) mass is 244 g/mol. The molecule has 0 radical (unpaired) electrons. The topological polar surface area (TPSA) is 0 Å². The summed E-state index contributed by atoms with van der Waals surface area (Å²) in [6.45, 7) is 10.5. The Balaban J connectivity index is 3.21. The summed E-state index contributed by atoms with van der Waals surface area (Å²) in [5, 5.41) is 0.836. The molecule has 0 aromatic heterocycles. The van der Waals surface area contributed by atoms with Crippen LogP contribution < -0.4 is 0 Å². The molecule has 1 atom stereocenters. The fourth-order valence-electron chi connectivity index (χ4n) is 1.54. The summed E-state index contributed by atoms with van der Waals surface area (Å²) in [4.78, 5) is 0. The van der Waals surface area contributed by atoms with Crippen molar-refractivity contribution in [3.8, 4) is 0 Å².